The number of nitrogens with one attached hydrogen (secondary N) is 1. The van der Waals surface area contributed by atoms with Crippen LogP contribution in [0.5, 0.6) is 0 Å². The molecule has 3 nitrogen and oxygen atoms in total. The Morgan fingerprint density at radius 3 is 2.52 bits per heavy atom. The minimum Gasteiger partial charge on any atom is -0.361 e. The zero-order valence-corrected chi connectivity index (χ0v) is 15.2. The number of hydrogen-bond acceptors (Lipinski definition) is 3. The van der Waals surface area contributed by atoms with Gasteiger partial charge in [0.05, 0.1) is 11.6 Å². The average molecular weight is 431 g/mol. The molecular weight excluding hydrogens is 419 g/mol. The normalized spacial score (nSPS) is 12.6. The van der Waals surface area contributed by atoms with Gasteiger partial charge in [-0.3, -0.25) is 0 Å². The minimum absolute atomic E-state index is 0.125. The van der Waals surface area contributed by atoms with Crippen molar-refractivity contribution in [3.05, 3.63) is 63.0 Å². The Labute approximate surface area is 155 Å². The van der Waals surface area contributed by atoms with E-state index in [1.165, 1.54) is 12.1 Å². The molecule has 25 heavy (non-hydrogen) atoms. The zero-order valence-electron chi connectivity index (χ0n) is 12.9. The van der Waals surface area contributed by atoms with E-state index in [9.17, 15) is 13.2 Å². The smallest absolute Gasteiger partial charge is 0.266 e. The molecule has 0 aliphatic rings. The molecule has 0 saturated heterocycles. The van der Waals surface area contributed by atoms with Crippen LogP contribution in [0.2, 0.25) is 5.15 Å². The molecule has 0 aliphatic heterocycles. The molecule has 3 rings (SSSR count). The van der Waals surface area contributed by atoms with Crippen LogP contribution < -0.4 is 5.32 Å². The van der Waals surface area contributed by atoms with E-state index in [-0.39, 0.29) is 10.7 Å². The van der Waals surface area contributed by atoms with Crippen LogP contribution in [0.4, 0.5) is 19.0 Å². The third kappa shape index (κ3) is 3.57. The van der Waals surface area contributed by atoms with Gasteiger partial charge in [-0.2, -0.15) is 0 Å². The quantitative estimate of drug-likeness (QED) is 0.528. The number of halogens is 5. The van der Waals surface area contributed by atoms with Gasteiger partial charge in [0.25, 0.3) is 6.43 Å². The van der Waals surface area contributed by atoms with Crippen molar-refractivity contribution in [1.82, 2.24) is 10.2 Å². The summed E-state index contributed by atoms with van der Waals surface area (Å²) in [5.41, 5.74) is -0.498. The number of aromatic nitrogens is 2. The second kappa shape index (κ2) is 7.17. The summed E-state index contributed by atoms with van der Waals surface area (Å²) in [6.07, 6.45) is -2.87. The Morgan fingerprint density at radius 1 is 1.08 bits per heavy atom. The van der Waals surface area contributed by atoms with Gasteiger partial charge in [-0.05, 0) is 25.1 Å². The Hall–Kier alpha value is -1.86. The number of alkyl halides is 2. The van der Waals surface area contributed by atoms with Gasteiger partial charge in [0, 0.05) is 20.8 Å². The first-order valence-corrected chi connectivity index (χ1v) is 8.50. The molecule has 8 heteroatoms. The van der Waals surface area contributed by atoms with E-state index in [1.807, 2.05) is 6.07 Å². The van der Waals surface area contributed by atoms with Gasteiger partial charge in [-0.25, -0.2) is 13.2 Å². The molecule has 0 aliphatic carbocycles. The predicted molar refractivity (Wildman–Crippen MR) is 95.6 cm³/mol. The van der Waals surface area contributed by atoms with Crippen molar-refractivity contribution in [2.24, 2.45) is 0 Å². The van der Waals surface area contributed by atoms with E-state index in [1.54, 1.807) is 19.1 Å². The number of hydrogen-bond donors (Lipinski definition) is 1. The van der Waals surface area contributed by atoms with E-state index in [0.29, 0.717) is 16.6 Å². The summed E-state index contributed by atoms with van der Waals surface area (Å²) < 4.78 is 40.9. The molecule has 2 aromatic carbocycles. The van der Waals surface area contributed by atoms with Gasteiger partial charge in [0.15, 0.2) is 11.0 Å². The van der Waals surface area contributed by atoms with Crippen LogP contribution in [-0.2, 0) is 0 Å². The molecule has 0 spiro atoms. The van der Waals surface area contributed by atoms with E-state index in [2.05, 4.69) is 31.4 Å². The molecule has 3 aromatic rings. The van der Waals surface area contributed by atoms with E-state index >= 15 is 0 Å². The fraction of sp³-hybridized carbons (Fsp3) is 0.176. The zero-order chi connectivity index (χ0) is 18.1. The van der Waals surface area contributed by atoms with Crippen LogP contribution in [-0.4, -0.2) is 10.2 Å². The summed E-state index contributed by atoms with van der Waals surface area (Å²) in [5.74, 6) is -0.535. The lowest BCUT2D eigenvalue weighted by Crippen LogP contribution is -2.12. The average Bonchev–Trinajstić information content (AvgIpc) is 2.57. The second-order valence-electron chi connectivity index (χ2n) is 5.45. The SMILES string of the molecule is CC(Nc1nnc(Cl)c2cc(Br)ccc12)c1cccc(C(F)F)c1F. The highest BCUT2D eigenvalue weighted by Crippen LogP contribution is 2.32. The van der Waals surface area contributed by atoms with Crippen molar-refractivity contribution < 1.29 is 13.2 Å². The molecule has 1 unspecified atom stereocenters. The highest BCUT2D eigenvalue weighted by molar-refractivity contribution is 9.10. The Balaban J connectivity index is 2.00. The van der Waals surface area contributed by atoms with Crippen LogP contribution in [0.1, 0.15) is 30.5 Å². The lowest BCUT2D eigenvalue weighted by Gasteiger charge is -2.18. The van der Waals surface area contributed by atoms with Crippen LogP contribution in [0.15, 0.2) is 40.9 Å². The van der Waals surface area contributed by atoms with Gasteiger partial charge >= 0.3 is 0 Å². The van der Waals surface area contributed by atoms with E-state index in [0.717, 1.165) is 10.5 Å². The molecule has 1 N–H and O–H groups in total. The summed E-state index contributed by atoms with van der Waals surface area (Å²) >= 11 is 9.43. The van der Waals surface area contributed by atoms with Gasteiger partial charge < -0.3 is 5.32 Å². The molecular formula is C17H12BrClF3N3. The monoisotopic (exact) mass is 429 g/mol. The molecule has 0 radical (unpaired) electrons. The molecule has 130 valence electrons. The van der Waals surface area contributed by atoms with Crippen molar-refractivity contribution >= 4 is 44.1 Å². The lowest BCUT2D eigenvalue weighted by molar-refractivity contribution is 0.146. The second-order valence-corrected chi connectivity index (χ2v) is 6.72. The fourth-order valence-electron chi connectivity index (χ4n) is 2.56. The maximum atomic E-state index is 14.3. The summed E-state index contributed by atoms with van der Waals surface area (Å²) in [4.78, 5) is 0. The van der Waals surface area contributed by atoms with Gasteiger partial charge in [-0.15, -0.1) is 10.2 Å². The third-order valence-corrected chi connectivity index (χ3v) is 4.58. The maximum Gasteiger partial charge on any atom is 0.266 e. The third-order valence-electron chi connectivity index (χ3n) is 3.81. The van der Waals surface area contributed by atoms with E-state index < -0.39 is 23.8 Å². The Morgan fingerprint density at radius 2 is 1.80 bits per heavy atom. The first-order chi connectivity index (χ1) is 11.9. The summed E-state index contributed by atoms with van der Waals surface area (Å²) in [7, 11) is 0. The van der Waals surface area contributed by atoms with Gasteiger partial charge in [0.1, 0.15) is 5.82 Å². The highest BCUT2D eigenvalue weighted by Gasteiger charge is 2.20. The van der Waals surface area contributed by atoms with Gasteiger partial charge in [0.2, 0.25) is 0 Å². The van der Waals surface area contributed by atoms with Crippen molar-refractivity contribution in [3.63, 3.8) is 0 Å². The summed E-state index contributed by atoms with van der Waals surface area (Å²) in [6, 6.07) is 8.74. The van der Waals surface area contributed by atoms with Crippen LogP contribution >= 0.6 is 27.5 Å². The van der Waals surface area contributed by atoms with Crippen molar-refractivity contribution in [2.75, 3.05) is 5.32 Å². The largest absolute Gasteiger partial charge is 0.361 e. The number of rotatable bonds is 4. The lowest BCUT2D eigenvalue weighted by atomic mass is 10.0. The standard InChI is InChI=1S/C17H12BrClF3N3/c1-8(10-3-2-4-12(14(10)20)16(21)22)23-17-11-6-5-9(18)7-13(11)15(19)24-25-17/h2-8,16H,1H3,(H,23,25). The molecule has 1 atom stereocenters. The number of anilines is 1. The summed E-state index contributed by atoms with van der Waals surface area (Å²) in [5, 5.41) is 12.5. The Kier molecular flexibility index (Phi) is 5.15. The molecule has 0 saturated carbocycles. The van der Waals surface area contributed by atoms with Crippen molar-refractivity contribution in [3.8, 4) is 0 Å². The molecule has 0 bridgehead atoms. The minimum atomic E-state index is -2.87. The number of nitrogens with zero attached hydrogens (tertiary/aromatic N) is 2. The molecule has 0 amide bonds. The first kappa shape index (κ1) is 17.9. The fourth-order valence-corrected chi connectivity index (χ4v) is 3.11. The summed E-state index contributed by atoms with van der Waals surface area (Å²) in [6.45, 7) is 1.66. The number of benzene rings is 2. The molecule has 1 aromatic heterocycles. The van der Waals surface area contributed by atoms with Crippen LogP contribution in [0.25, 0.3) is 10.8 Å². The number of fused-ring (bicyclic) bond motifs is 1. The Bertz CT molecular complexity index is 936. The van der Waals surface area contributed by atoms with E-state index in [4.69, 9.17) is 11.6 Å². The highest BCUT2D eigenvalue weighted by atomic mass is 79.9. The maximum absolute atomic E-state index is 14.3. The van der Waals surface area contributed by atoms with Crippen LogP contribution in [0, 0.1) is 5.82 Å². The van der Waals surface area contributed by atoms with Crippen LogP contribution in [0.3, 0.4) is 0 Å². The topological polar surface area (TPSA) is 37.8 Å². The predicted octanol–water partition coefficient (Wildman–Crippen LogP) is 6.30. The van der Waals surface area contributed by atoms with Crippen molar-refractivity contribution in [1.29, 1.82) is 0 Å². The van der Waals surface area contributed by atoms with Gasteiger partial charge in [-0.1, -0.05) is 45.7 Å². The first-order valence-electron chi connectivity index (χ1n) is 7.33. The van der Waals surface area contributed by atoms with Crippen molar-refractivity contribution in [2.45, 2.75) is 19.4 Å². The molecule has 0 fully saturated rings. The molecule has 1 heterocycles.